The molecule has 0 aliphatic heterocycles. The van der Waals surface area contributed by atoms with E-state index in [1.165, 1.54) is 6.33 Å². The summed E-state index contributed by atoms with van der Waals surface area (Å²) < 4.78 is 5.47. The van der Waals surface area contributed by atoms with Gasteiger partial charge in [0.15, 0.2) is 0 Å². The van der Waals surface area contributed by atoms with Crippen LogP contribution in [0.3, 0.4) is 0 Å². The highest BCUT2D eigenvalue weighted by Gasteiger charge is 2.10. The fraction of sp³-hybridized carbons (Fsp3) is 0.600. The van der Waals surface area contributed by atoms with Crippen molar-refractivity contribution in [2.45, 2.75) is 26.2 Å². The largest absolute Gasteiger partial charge is 0.477 e. The van der Waals surface area contributed by atoms with Gasteiger partial charge in [-0.15, -0.1) is 0 Å². The molecule has 0 fully saturated rings. The summed E-state index contributed by atoms with van der Waals surface area (Å²) >= 11 is 0. The lowest BCUT2D eigenvalue weighted by Crippen LogP contribution is -2.13. The average molecular weight is 226 g/mol. The van der Waals surface area contributed by atoms with Crippen LogP contribution in [-0.4, -0.2) is 28.3 Å². The Morgan fingerprint density at radius 2 is 2.31 bits per heavy atom. The molecule has 1 heterocycles. The maximum atomic E-state index is 8.67. The van der Waals surface area contributed by atoms with Crippen molar-refractivity contribution in [2.24, 2.45) is 5.84 Å². The number of ether oxygens (including phenoxy) is 1. The van der Waals surface area contributed by atoms with E-state index in [0.29, 0.717) is 24.7 Å². The standard InChI is InChI=1S/C10H18N4O2/c1-2-4-8-9(14-11)12-7-13-10(8)16-6-3-5-15/h7,15H,2-6,11H2,1H3,(H,12,13,14). The van der Waals surface area contributed by atoms with E-state index in [2.05, 4.69) is 22.3 Å². The molecule has 0 amide bonds. The third-order valence-electron chi connectivity index (χ3n) is 2.08. The number of nitrogens with zero attached hydrogens (tertiary/aromatic N) is 2. The van der Waals surface area contributed by atoms with Crippen molar-refractivity contribution < 1.29 is 9.84 Å². The van der Waals surface area contributed by atoms with E-state index in [9.17, 15) is 0 Å². The van der Waals surface area contributed by atoms with Crippen LogP contribution in [0.5, 0.6) is 5.88 Å². The molecule has 0 atom stereocenters. The van der Waals surface area contributed by atoms with E-state index in [4.69, 9.17) is 15.7 Å². The first-order valence-electron chi connectivity index (χ1n) is 5.37. The minimum Gasteiger partial charge on any atom is -0.477 e. The van der Waals surface area contributed by atoms with Gasteiger partial charge in [0, 0.05) is 13.0 Å². The second-order valence-electron chi connectivity index (χ2n) is 3.33. The molecule has 16 heavy (non-hydrogen) atoms. The van der Waals surface area contributed by atoms with Gasteiger partial charge >= 0.3 is 0 Å². The first-order chi connectivity index (χ1) is 7.83. The number of hydrogen-bond acceptors (Lipinski definition) is 6. The Bertz CT molecular complexity index is 320. The van der Waals surface area contributed by atoms with Crippen molar-refractivity contribution in [1.82, 2.24) is 9.97 Å². The van der Waals surface area contributed by atoms with Gasteiger partial charge in [-0.25, -0.2) is 15.8 Å². The van der Waals surface area contributed by atoms with Crippen molar-refractivity contribution in [3.8, 4) is 5.88 Å². The van der Waals surface area contributed by atoms with Gasteiger partial charge in [0.2, 0.25) is 5.88 Å². The molecule has 0 bridgehead atoms. The van der Waals surface area contributed by atoms with E-state index < -0.39 is 0 Å². The van der Waals surface area contributed by atoms with Gasteiger partial charge in [0.1, 0.15) is 12.1 Å². The Labute approximate surface area is 94.8 Å². The summed E-state index contributed by atoms with van der Waals surface area (Å²) in [7, 11) is 0. The van der Waals surface area contributed by atoms with Gasteiger partial charge in [-0.05, 0) is 6.42 Å². The molecule has 1 rings (SSSR count). The molecule has 6 nitrogen and oxygen atoms in total. The molecule has 6 heteroatoms. The van der Waals surface area contributed by atoms with E-state index in [0.717, 1.165) is 18.4 Å². The predicted octanol–water partition coefficient (Wildman–Crippen LogP) is 0.476. The van der Waals surface area contributed by atoms with Gasteiger partial charge in [0.25, 0.3) is 0 Å². The molecule has 90 valence electrons. The normalized spacial score (nSPS) is 10.2. The summed E-state index contributed by atoms with van der Waals surface area (Å²) in [5, 5.41) is 8.67. The SMILES string of the molecule is CCCc1c(NN)ncnc1OCCCO. The first kappa shape index (κ1) is 12.7. The van der Waals surface area contributed by atoms with Crippen LogP contribution in [0.15, 0.2) is 6.33 Å². The molecule has 0 radical (unpaired) electrons. The van der Waals surface area contributed by atoms with Crippen LogP contribution < -0.4 is 16.0 Å². The third kappa shape index (κ3) is 3.32. The first-order valence-corrected chi connectivity index (χ1v) is 5.37. The second kappa shape index (κ2) is 6.97. The van der Waals surface area contributed by atoms with Crippen molar-refractivity contribution in [1.29, 1.82) is 0 Å². The fourth-order valence-electron chi connectivity index (χ4n) is 1.35. The zero-order chi connectivity index (χ0) is 11.8. The van der Waals surface area contributed by atoms with Gasteiger partial charge in [-0.2, -0.15) is 0 Å². The lowest BCUT2D eigenvalue weighted by Gasteiger charge is -2.12. The van der Waals surface area contributed by atoms with E-state index in [-0.39, 0.29) is 6.61 Å². The summed E-state index contributed by atoms with van der Waals surface area (Å²) in [4.78, 5) is 8.10. The molecule has 0 spiro atoms. The Morgan fingerprint density at radius 3 is 2.94 bits per heavy atom. The van der Waals surface area contributed by atoms with Gasteiger partial charge in [-0.1, -0.05) is 13.3 Å². The van der Waals surface area contributed by atoms with Gasteiger partial charge in [0.05, 0.1) is 12.2 Å². The summed E-state index contributed by atoms with van der Waals surface area (Å²) in [5.41, 5.74) is 3.41. The number of nitrogens with one attached hydrogen (secondary N) is 1. The molecule has 0 aliphatic carbocycles. The summed E-state index contributed by atoms with van der Waals surface area (Å²) in [6, 6.07) is 0. The number of nitrogens with two attached hydrogens (primary N) is 1. The van der Waals surface area contributed by atoms with Crippen LogP contribution in [0.4, 0.5) is 5.82 Å². The number of hydrogen-bond donors (Lipinski definition) is 3. The van der Waals surface area contributed by atoms with Crippen LogP contribution in [0.1, 0.15) is 25.3 Å². The Kier molecular flexibility index (Phi) is 5.52. The number of rotatable bonds is 7. The Morgan fingerprint density at radius 1 is 1.50 bits per heavy atom. The Balaban J connectivity index is 2.79. The number of aromatic nitrogens is 2. The molecule has 1 aromatic rings. The van der Waals surface area contributed by atoms with Crippen LogP contribution in [0, 0.1) is 0 Å². The minimum atomic E-state index is 0.107. The minimum absolute atomic E-state index is 0.107. The monoisotopic (exact) mass is 226 g/mol. The summed E-state index contributed by atoms with van der Waals surface area (Å²) in [5.74, 6) is 6.50. The van der Waals surface area contributed by atoms with Crippen LogP contribution in [0.25, 0.3) is 0 Å². The average Bonchev–Trinajstić information content (AvgIpc) is 2.31. The smallest absolute Gasteiger partial charge is 0.221 e. The highest BCUT2D eigenvalue weighted by Crippen LogP contribution is 2.22. The highest BCUT2D eigenvalue weighted by molar-refractivity contribution is 5.47. The maximum absolute atomic E-state index is 8.67. The van der Waals surface area contributed by atoms with Crippen LogP contribution in [-0.2, 0) is 6.42 Å². The lowest BCUT2D eigenvalue weighted by molar-refractivity contribution is 0.228. The molecule has 0 unspecified atom stereocenters. The molecule has 0 aromatic carbocycles. The van der Waals surface area contributed by atoms with Crippen molar-refractivity contribution in [3.05, 3.63) is 11.9 Å². The molecule has 0 saturated carbocycles. The van der Waals surface area contributed by atoms with Crippen molar-refractivity contribution in [2.75, 3.05) is 18.6 Å². The zero-order valence-corrected chi connectivity index (χ0v) is 9.44. The number of nitrogen functional groups attached to an aromatic ring is 1. The lowest BCUT2D eigenvalue weighted by atomic mass is 10.2. The van der Waals surface area contributed by atoms with E-state index in [1.807, 2.05) is 0 Å². The van der Waals surface area contributed by atoms with Crippen LogP contribution in [0.2, 0.25) is 0 Å². The van der Waals surface area contributed by atoms with Crippen molar-refractivity contribution >= 4 is 5.82 Å². The molecule has 0 aliphatic rings. The maximum Gasteiger partial charge on any atom is 0.221 e. The van der Waals surface area contributed by atoms with Crippen LogP contribution >= 0.6 is 0 Å². The second-order valence-corrected chi connectivity index (χ2v) is 3.33. The molecule has 4 N–H and O–H groups in total. The van der Waals surface area contributed by atoms with E-state index >= 15 is 0 Å². The third-order valence-corrected chi connectivity index (χ3v) is 2.08. The van der Waals surface area contributed by atoms with E-state index in [1.54, 1.807) is 0 Å². The fourth-order valence-corrected chi connectivity index (χ4v) is 1.35. The number of aliphatic hydroxyl groups excluding tert-OH is 1. The Hall–Kier alpha value is -1.40. The topological polar surface area (TPSA) is 93.3 Å². The molecular weight excluding hydrogens is 208 g/mol. The number of hydrazine groups is 1. The van der Waals surface area contributed by atoms with Gasteiger partial charge < -0.3 is 15.3 Å². The molecule has 1 aromatic heterocycles. The molecular formula is C10H18N4O2. The highest BCUT2D eigenvalue weighted by atomic mass is 16.5. The summed E-state index contributed by atoms with van der Waals surface area (Å²) in [6.45, 7) is 2.61. The quantitative estimate of drug-likeness (QED) is 0.355. The predicted molar refractivity (Wildman–Crippen MR) is 61.0 cm³/mol. The molecule has 0 saturated heterocycles. The van der Waals surface area contributed by atoms with Crippen molar-refractivity contribution in [3.63, 3.8) is 0 Å². The summed E-state index contributed by atoms with van der Waals surface area (Å²) in [6.07, 6.45) is 3.75. The van der Waals surface area contributed by atoms with Gasteiger partial charge in [-0.3, -0.25) is 0 Å². The number of aliphatic hydroxyl groups is 1. The number of anilines is 1. The zero-order valence-electron chi connectivity index (χ0n) is 9.44.